The number of rotatable bonds is 4. The number of phenols is 1. The summed E-state index contributed by atoms with van der Waals surface area (Å²) >= 11 is 0. The van der Waals surface area contributed by atoms with Gasteiger partial charge in [0.1, 0.15) is 5.75 Å². The molecule has 0 heterocycles. The predicted molar refractivity (Wildman–Crippen MR) is 101 cm³/mol. The van der Waals surface area contributed by atoms with E-state index in [9.17, 15) is 5.11 Å². The van der Waals surface area contributed by atoms with Crippen LogP contribution in [0.3, 0.4) is 0 Å². The molecule has 0 spiro atoms. The summed E-state index contributed by atoms with van der Waals surface area (Å²) in [6.45, 7) is 6.43. The van der Waals surface area contributed by atoms with Crippen LogP contribution in [-0.4, -0.2) is 5.11 Å². The van der Waals surface area contributed by atoms with Crippen molar-refractivity contribution in [1.82, 2.24) is 0 Å². The van der Waals surface area contributed by atoms with Crippen LogP contribution in [0.1, 0.15) is 53.5 Å². The molecule has 0 amide bonds. The highest BCUT2D eigenvalue weighted by atomic mass is 16.3. The molecule has 0 aromatic heterocycles. The van der Waals surface area contributed by atoms with Gasteiger partial charge in [0.25, 0.3) is 0 Å². The average molecular weight is 316 g/mol. The van der Waals surface area contributed by atoms with E-state index in [-0.39, 0.29) is 11.8 Å². The van der Waals surface area contributed by atoms with Crippen LogP contribution in [0.5, 0.6) is 5.75 Å². The van der Waals surface area contributed by atoms with Crippen molar-refractivity contribution >= 4 is 0 Å². The van der Waals surface area contributed by atoms with E-state index < -0.39 is 0 Å². The van der Waals surface area contributed by atoms with Crippen molar-refractivity contribution in [1.29, 1.82) is 0 Å². The van der Waals surface area contributed by atoms with Gasteiger partial charge >= 0.3 is 0 Å². The van der Waals surface area contributed by atoms with E-state index in [2.05, 4.69) is 63.2 Å². The van der Waals surface area contributed by atoms with Gasteiger partial charge in [-0.25, -0.2) is 0 Å². The van der Waals surface area contributed by atoms with Gasteiger partial charge in [0.15, 0.2) is 0 Å². The summed E-state index contributed by atoms with van der Waals surface area (Å²) in [5.74, 6) is 0.827. The Morgan fingerprint density at radius 3 is 1.67 bits per heavy atom. The lowest BCUT2D eigenvalue weighted by molar-refractivity contribution is 0.464. The van der Waals surface area contributed by atoms with Crippen molar-refractivity contribution in [3.05, 3.63) is 101 Å². The Hall–Kier alpha value is -2.54. The fourth-order valence-corrected chi connectivity index (χ4v) is 3.46. The Bertz CT molecular complexity index is 783. The summed E-state index contributed by atoms with van der Waals surface area (Å²) in [6, 6.07) is 24.9. The van der Waals surface area contributed by atoms with Crippen LogP contribution in [0.4, 0.5) is 0 Å². The number of hydrogen-bond acceptors (Lipinski definition) is 1. The van der Waals surface area contributed by atoms with Gasteiger partial charge in [-0.2, -0.15) is 0 Å². The monoisotopic (exact) mass is 316 g/mol. The first-order valence-corrected chi connectivity index (χ1v) is 8.51. The minimum Gasteiger partial charge on any atom is -0.508 e. The Morgan fingerprint density at radius 2 is 1.17 bits per heavy atom. The molecular formula is C23H24O. The minimum atomic E-state index is 0.173. The number of hydrogen-bond donors (Lipinski definition) is 1. The summed E-state index contributed by atoms with van der Waals surface area (Å²) in [5, 5.41) is 10.7. The normalized spacial score (nSPS) is 13.5. The Morgan fingerprint density at radius 1 is 0.667 bits per heavy atom. The van der Waals surface area contributed by atoms with Crippen LogP contribution < -0.4 is 0 Å². The molecule has 1 nitrogen and oxygen atoms in total. The second-order valence-corrected chi connectivity index (χ2v) is 6.54. The van der Waals surface area contributed by atoms with Crippen molar-refractivity contribution in [3.63, 3.8) is 0 Å². The molecule has 3 aromatic carbocycles. The van der Waals surface area contributed by atoms with Gasteiger partial charge in [-0.3, -0.25) is 0 Å². The molecule has 0 saturated carbocycles. The van der Waals surface area contributed by atoms with Crippen molar-refractivity contribution in [2.45, 2.75) is 32.6 Å². The van der Waals surface area contributed by atoms with E-state index in [4.69, 9.17) is 0 Å². The van der Waals surface area contributed by atoms with E-state index in [1.165, 1.54) is 11.1 Å². The zero-order valence-electron chi connectivity index (χ0n) is 14.5. The van der Waals surface area contributed by atoms with Gasteiger partial charge < -0.3 is 5.11 Å². The SMILES string of the molecule is Cc1cc(C(C)c2ccccc2)cc(O)c1C(C)c1ccccc1. The summed E-state index contributed by atoms with van der Waals surface area (Å²) in [6.07, 6.45) is 0. The summed E-state index contributed by atoms with van der Waals surface area (Å²) in [5.41, 5.74) is 5.80. The standard InChI is InChI=1S/C23H24O/c1-16-14-21(17(2)19-10-6-4-7-11-19)15-22(24)23(16)18(3)20-12-8-5-9-13-20/h4-15,17-18,24H,1-3H3. The molecule has 0 fully saturated rings. The van der Waals surface area contributed by atoms with Gasteiger partial charge in [0.05, 0.1) is 0 Å². The molecule has 1 heteroatoms. The molecule has 2 unspecified atom stereocenters. The highest BCUT2D eigenvalue weighted by Gasteiger charge is 2.18. The fourth-order valence-electron chi connectivity index (χ4n) is 3.46. The van der Waals surface area contributed by atoms with Crippen LogP contribution >= 0.6 is 0 Å². The van der Waals surface area contributed by atoms with Crippen LogP contribution in [-0.2, 0) is 0 Å². The molecule has 1 N–H and O–H groups in total. The molecule has 24 heavy (non-hydrogen) atoms. The van der Waals surface area contributed by atoms with Gasteiger partial charge in [0, 0.05) is 17.4 Å². The van der Waals surface area contributed by atoms with Crippen molar-refractivity contribution in [3.8, 4) is 5.75 Å². The zero-order chi connectivity index (χ0) is 17.1. The quantitative estimate of drug-likeness (QED) is 0.625. The molecular weight excluding hydrogens is 292 g/mol. The van der Waals surface area contributed by atoms with Crippen molar-refractivity contribution < 1.29 is 5.11 Å². The Balaban J connectivity index is 1.98. The second kappa shape index (κ2) is 6.92. The van der Waals surface area contributed by atoms with E-state index in [1.54, 1.807) is 0 Å². The second-order valence-electron chi connectivity index (χ2n) is 6.54. The van der Waals surface area contributed by atoms with Crippen LogP contribution in [0.2, 0.25) is 0 Å². The smallest absolute Gasteiger partial charge is 0.119 e. The maximum Gasteiger partial charge on any atom is 0.119 e. The zero-order valence-corrected chi connectivity index (χ0v) is 14.5. The van der Waals surface area contributed by atoms with Gasteiger partial charge in [-0.05, 0) is 35.2 Å². The Labute approximate surface area is 144 Å². The molecule has 3 rings (SSSR count). The van der Waals surface area contributed by atoms with E-state index in [0.29, 0.717) is 5.75 Å². The summed E-state index contributed by atoms with van der Waals surface area (Å²) < 4.78 is 0. The first-order chi connectivity index (χ1) is 11.6. The predicted octanol–water partition coefficient (Wildman–Crippen LogP) is 6.00. The fraction of sp³-hybridized carbons (Fsp3) is 0.217. The first-order valence-electron chi connectivity index (χ1n) is 8.51. The average Bonchev–Trinajstić information content (AvgIpc) is 2.61. The van der Waals surface area contributed by atoms with Crippen LogP contribution in [0.15, 0.2) is 72.8 Å². The maximum atomic E-state index is 10.7. The number of aromatic hydroxyl groups is 1. The lowest BCUT2D eigenvalue weighted by atomic mass is 9.85. The summed E-state index contributed by atoms with van der Waals surface area (Å²) in [7, 11) is 0. The molecule has 2 atom stereocenters. The lowest BCUT2D eigenvalue weighted by Gasteiger charge is -2.20. The topological polar surface area (TPSA) is 20.2 Å². The molecule has 0 aliphatic rings. The number of phenolic OH excluding ortho intramolecular Hbond substituents is 1. The lowest BCUT2D eigenvalue weighted by Crippen LogP contribution is -2.03. The van der Waals surface area contributed by atoms with Crippen LogP contribution in [0.25, 0.3) is 0 Å². The van der Waals surface area contributed by atoms with Crippen molar-refractivity contribution in [2.24, 2.45) is 0 Å². The molecule has 0 aliphatic heterocycles. The molecule has 0 radical (unpaired) electrons. The third kappa shape index (κ3) is 3.21. The van der Waals surface area contributed by atoms with Crippen molar-refractivity contribution in [2.75, 3.05) is 0 Å². The number of aryl methyl sites for hydroxylation is 1. The largest absolute Gasteiger partial charge is 0.508 e. The van der Waals surface area contributed by atoms with Gasteiger partial charge in [-0.1, -0.05) is 80.6 Å². The van der Waals surface area contributed by atoms with Gasteiger partial charge in [-0.15, -0.1) is 0 Å². The molecule has 0 aliphatic carbocycles. The minimum absolute atomic E-state index is 0.173. The third-order valence-corrected chi connectivity index (χ3v) is 4.92. The Kier molecular flexibility index (Phi) is 4.71. The van der Waals surface area contributed by atoms with E-state index in [0.717, 1.165) is 16.7 Å². The highest BCUT2D eigenvalue weighted by Crippen LogP contribution is 2.37. The van der Waals surface area contributed by atoms with Gasteiger partial charge in [0.2, 0.25) is 0 Å². The summed E-state index contributed by atoms with van der Waals surface area (Å²) in [4.78, 5) is 0. The number of benzene rings is 3. The van der Waals surface area contributed by atoms with E-state index >= 15 is 0 Å². The maximum absolute atomic E-state index is 10.7. The van der Waals surface area contributed by atoms with E-state index in [1.807, 2.05) is 30.3 Å². The highest BCUT2D eigenvalue weighted by molar-refractivity contribution is 5.50. The molecule has 0 saturated heterocycles. The molecule has 122 valence electrons. The van der Waals surface area contributed by atoms with Crippen LogP contribution in [0, 0.1) is 6.92 Å². The third-order valence-electron chi connectivity index (χ3n) is 4.92. The molecule has 3 aromatic rings. The first kappa shape index (κ1) is 16.3. The molecule has 0 bridgehead atoms.